The van der Waals surface area contributed by atoms with E-state index in [1.807, 2.05) is 25.7 Å². The minimum atomic E-state index is -0.368. The molecular weight excluding hydrogens is 178 g/mol. The molecule has 0 aromatic heterocycles. The lowest BCUT2D eigenvalue weighted by Crippen LogP contribution is -2.37. The Morgan fingerprint density at radius 3 is 2.43 bits per heavy atom. The number of fused-ring (bicyclic) bond motifs is 1. The second-order valence-electron chi connectivity index (χ2n) is 5.58. The van der Waals surface area contributed by atoms with Crippen molar-refractivity contribution < 1.29 is 9.53 Å². The van der Waals surface area contributed by atoms with Gasteiger partial charge in [0.1, 0.15) is 5.60 Å². The molecule has 0 N–H and O–H groups in total. The summed E-state index contributed by atoms with van der Waals surface area (Å²) in [5, 5.41) is 0. The molecule has 3 heteroatoms. The van der Waals surface area contributed by atoms with Crippen LogP contribution < -0.4 is 0 Å². The van der Waals surface area contributed by atoms with Crippen molar-refractivity contribution in [1.82, 2.24) is 4.90 Å². The summed E-state index contributed by atoms with van der Waals surface area (Å²) in [6.07, 6.45) is 1.05. The van der Waals surface area contributed by atoms with E-state index in [2.05, 4.69) is 6.92 Å². The minimum Gasteiger partial charge on any atom is -0.444 e. The molecule has 1 aliphatic heterocycles. The number of ether oxygens (including phenoxy) is 1. The van der Waals surface area contributed by atoms with Gasteiger partial charge in [-0.05, 0) is 39.0 Å². The average Bonchev–Trinajstić information content (AvgIpc) is 2.69. The quantitative estimate of drug-likeness (QED) is 0.596. The summed E-state index contributed by atoms with van der Waals surface area (Å²) in [6.45, 7) is 8.83. The summed E-state index contributed by atoms with van der Waals surface area (Å²) in [7, 11) is 0. The predicted molar refractivity (Wildman–Crippen MR) is 54.0 cm³/mol. The van der Waals surface area contributed by atoms with Gasteiger partial charge in [-0.1, -0.05) is 6.92 Å². The van der Waals surface area contributed by atoms with E-state index in [0.717, 1.165) is 12.5 Å². The fourth-order valence-electron chi connectivity index (χ4n) is 2.28. The van der Waals surface area contributed by atoms with E-state index in [4.69, 9.17) is 4.74 Å². The zero-order valence-corrected chi connectivity index (χ0v) is 9.41. The van der Waals surface area contributed by atoms with E-state index in [0.29, 0.717) is 12.0 Å². The molecular formula is C11H19NO2. The highest BCUT2D eigenvalue weighted by atomic mass is 16.6. The van der Waals surface area contributed by atoms with Gasteiger partial charge in [-0.2, -0.15) is 0 Å². The van der Waals surface area contributed by atoms with Crippen molar-refractivity contribution >= 4 is 6.09 Å². The van der Waals surface area contributed by atoms with Gasteiger partial charge >= 0.3 is 6.09 Å². The van der Waals surface area contributed by atoms with Gasteiger partial charge in [-0.3, -0.25) is 0 Å². The second-order valence-corrected chi connectivity index (χ2v) is 5.58. The monoisotopic (exact) mass is 197 g/mol. The Hall–Kier alpha value is -0.730. The molecule has 1 heterocycles. The van der Waals surface area contributed by atoms with Gasteiger partial charge in [0.2, 0.25) is 0 Å². The molecule has 0 aromatic rings. The van der Waals surface area contributed by atoms with Crippen LogP contribution in [-0.2, 0) is 4.74 Å². The number of carbonyl (C=O) groups excluding carboxylic acids is 1. The van der Waals surface area contributed by atoms with Gasteiger partial charge in [-0.25, -0.2) is 4.79 Å². The summed E-state index contributed by atoms with van der Waals surface area (Å²) in [5.74, 6) is 1.41. The number of amides is 1. The molecule has 0 radical (unpaired) electrons. The number of piperidine rings is 1. The van der Waals surface area contributed by atoms with Crippen LogP contribution in [0.2, 0.25) is 0 Å². The lowest BCUT2D eigenvalue weighted by molar-refractivity contribution is 0.0255. The molecule has 80 valence electrons. The number of nitrogens with zero attached hydrogens (tertiary/aromatic N) is 1. The first-order valence-electron chi connectivity index (χ1n) is 5.38. The maximum absolute atomic E-state index is 11.7. The van der Waals surface area contributed by atoms with Crippen LogP contribution in [0.5, 0.6) is 0 Å². The highest BCUT2D eigenvalue weighted by Gasteiger charge is 2.53. The zero-order chi connectivity index (χ0) is 10.5. The van der Waals surface area contributed by atoms with Crippen molar-refractivity contribution in [2.45, 2.75) is 45.8 Å². The third-order valence-electron chi connectivity index (χ3n) is 3.05. The molecule has 2 rings (SSSR count). The zero-order valence-electron chi connectivity index (χ0n) is 9.41. The van der Waals surface area contributed by atoms with Gasteiger partial charge in [-0.15, -0.1) is 0 Å². The Balaban J connectivity index is 1.93. The summed E-state index contributed by atoms with van der Waals surface area (Å²) in [5.41, 5.74) is -0.368. The third kappa shape index (κ3) is 1.72. The van der Waals surface area contributed by atoms with Crippen LogP contribution in [0.15, 0.2) is 0 Å². The molecule has 0 aromatic carbocycles. The first kappa shape index (κ1) is 9.81. The van der Waals surface area contributed by atoms with Crippen molar-refractivity contribution in [2.75, 3.05) is 6.54 Å². The van der Waals surface area contributed by atoms with Crippen LogP contribution in [0.1, 0.15) is 34.1 Å². The number of carbonyl (C=O) groups is 1. The molecule has 0 unspecified atom stereocenters. The first-order chi connectivity index (χ1) is 6.38. The molecule has 0 bridgehead atoms. The topological polar surface area (TPSA) is 29.5 Å². The Morgan fingerprint density at radius 2 is 2.07 bits per heavy atom. The van der Waals surface area contributed by atoms with Crippen molar-refractivity contribution in [1.29, 1.82) is 0 Å². The van der Waals surface area contributed by atoms with Gasteiger partial charge < -0.3 is 9.64 Å². The fraction of sp³-hybridized carbons (Fsp3) is 0.909. The van der Waals surface area contributed by atoms with Crippen LogP contribution >= 0.6 is 0 Å². The van der Waals surface area contributed by atoms with Crippen LogP contribution in [0.25, 0.3) is 0 Å². The molecule has 1 saturated heterocycles. The van der Waals surface area contributed by atoms with Crippen molar-refractivity contribution in [3.8, 4) is 0 Å². The van der Waals surface area contributed by atoms with Crippen LogP contribution in [0, 0.1) is 11.8 Å². The van der Waals surface area contributed by atoms with Crippen molar-refractivity contribution in [3.63, 3.8) is 0 Å². The van der Waals surface area contributed by atoms with E-state index >= 15 is 0 Å². The normalized spacial score (nSPS) is 35.4. The second kappa shape index (κ2) is 2.88. The molecule has 1 aliphatic carbocycles. The number of hydrogen-bond acceptors (Lipinski definition) is 2. The largest absolute Gasteiger partial charge is 0.444 e. The van der Waals surface area contributed by atoms with Gasteiger partial charge in [0.25, 0.3) is 0 Å². The molecule has 3 nitrogen and oxygen atoms in total. The molecule has 0 spiro atoms. The lowest BCUT2D eigenvalue weighted by Gasteiger charge is -2.25. The average molecular weight is 197 g/mol. The van der Waals surface area contributed by atoms with Crippen LogP contribution in [0.3, 0.4) is 0 Å². The molecule has 2 aliphatic rings. The summed E-state index contributed by atoms with van der Waals surface area (Å²) in [6, 6.07) is 0.486. The van der Waals surface area contributed by atoms with E-state index < -0.39 is 0 Å². The fourth-order valence-corrected chi connectivity index (χ4v) is 2.28. The van der Waals surface area contributed by atoms with E-state index in [9.17, 15) is 4.79 Å². The Kier molecular flexibility index (Phi) is 2.02. The van der Waals surface area contributed by atoms with Gasteiger partial charge in [0.15, 0.2) is 0 Å². The lowest BCUT2D eigenvalue weighted by atomic mass is 10.1. The number of rotatable bonds is 0. The van der Waals surface area contributed by atoms with Crippen molar-refractivity contribution in [2.24, 2.45) is 11.8 Å². The summed E-state index contributed by atoms with van der Waals surface area (Å²) < 4.78 is 5.35. The number of likely N-dealkylation sites (tertiary alicyclic amines) is 1. The van der Waals surface area contributed by atoms with Crippen molar-refractivity contribution in [3.05, 3.63) is 0 Å². The number of hydrogen-bond donors (Lipinski definition) is 0. The Morgan fingerprint density at radius 1 is 1.43 bits per heavy atom. The van der Waals surface area contributed by atoms with E-state index in [1.165, 1.54) is 6.42 Å². The summed E-state index contributed by atoms with van der Waals surface area (Å²) in [4.78, 5) is 13.7. The maximum Gasteiger partial charge on any atom is 0.410 e. The highest BCUT2D eigenvalue weighted by molar-refractivity contribution is 5.69. The molecule has 1 amide bonds. The Bertz CT molecular complexity index is 257. The highest BCUT2D eigenvalue weighted by Crippen LogP contribution is 2.48. The molecule has 3 atom stereocenters. The van der Waals surface area contributed by atoms with E-state index in [-0.39, 0.29) is 11.7 Å². The maximum atomic E-state index is 11.7. The molecule has 1 saturated carbocycles. The smallest absolute Gasteiger partial charge is 0.410 e. The predicted octanol–water partition coefficient (Wildman–Crippen LogP) is 2.26. The van der Waals surface area contributed by atoms with Gasteiger partial charge in [0.05, 0.1) is 0 Å². The van der Waals surface area contributed by atoms with E-state index in [1.54, 1.807) is 0 Å². The molecule has 14 heavy (non-hydrogen) atoms. The minimum absolute atomic E-state index is 0.130. The van der Waals surface area contributed by atoms with Crippen LogP contribution in [0.4, 0.5) is 4.79 Å². The summed E-state index contributed by atoms with van der Waals surface area (Å²) >= 11 is 0. The first-order valence-corrected chi connectivity index (χ1v) is 5.38. The standard InChI is InChI=1S/C11H19NO2/c1-7-6-12(9-5-8(7)9)10(13)14-11(2,3)4/h7-9H,5-6H2,1-4H3/t7-,8+,9+/m0/s1. The molecule has 2 fully saturated rings. The SMILES string of the molecule is C[C@H]1CN(C(=O)OC(C)(C)C)[C@@H]2C[C@@H]21. The Labute approximate surface area is 85.4 Å². The van der Waals surface area contributed by atoms with Gasteiger partial charge in [0, 0.05) is 12.6 Å². The van der Waals surface area contributed by atoms with Crippen LogP contribution in [-0.4, -0.2) is 29.2 Å². The third-order valence-corrected chi connectivity index (χ3v) is 3.05.